The monoisotopic (exact) mass is 236 g/mol. The third-order valence-electron chi connectivity index (χ3n) is 3.22. The van der Waals surface area contributed by atoms with E-state index in [9.17, 15) is 4.79 Å². The zero-order chi connectivity index (χ0) is 12.3. The Hall–Kier alpha value is -1.23. The number of nitrogens with one attached hydrogen (secondary N) is 1. The van der Waals surface area contributed by atoms with Crippen molar-refractivity contribution >= 4 is 5.78 Å². The van der Waals surface area contributed by atoms with Gasteiger partial charge < -0.3 is 5.32 Å². The van der Waals surface area contributed by atoms with Gasteiger partial charge in [-0.25, -0.2) is 9.67 Å². The maximum absolute atomic E-state index is 12.1. The first kappa shape index (κ1) is 12.2. The molecule has 1 aliphatic rings. The summed E-state index contributed by atoms with van der Waals surface area (Å²) in [5.74, 6) is 1.23. The average Bonchev–Trinajstić information content (AvgIpc) is 2.78. The molecule has 94 valence electrons. The molecule has 0 bridgehead atoms. The summed E-state index contributed by atoms with van der Waals surface area (Å²) in [7, 11) is 0. The summed E-state index contributed by atoms with van der Waals surface area (Å²) in [5.41, 5.74) is 0. The molecule has 5 nitrogen and oxygen atoms in total. The third-order valence-corrected chi connectivity index (χ3v) is 3.22. The van der Waals surface area contributed by atoms with Crippen LogP contribution in [0.3, 0.4) is 0 Å². The van der Waals surface area contributed by atoms with Gasteiger partial charge in [0.05, 0.1) is 6.42 Å². The van der Waals surface area contributed by atoms with Gasteiger partial charge in [-0.1, -0.05) is 0 Å². The van der Waals surface area contributed by atoms with E-state index >= 15 is 0 Å². The Morgan fingerprint density at radius 3 is 3.12 bits per heavy atom. The van der Waals surface area contributed by atoms with Crippen LogP contribution in [0, 0.1) is 5.92 Å². The van der Waals surface area contributed by atoms with Crippen LogP contribution in [0.15, 0.2) is 6.33 Å². The summed E-state index contributed by atoms with van der Waals surface area (Å²) in [4.78, 5) is 16.3. The first-order valence-corrected chi connectivity index (χ1v) is 6.30. The van der Waals surface area contributed by atoms with Crippen LogP contribution < -0.4 is 5.32 Å². The minimum Gasteiger partial charge on any atom is -0.316 e. The molecule has 5 heteroatoms. The van der Waals surface area contributed by atoms with Gasteiger partial charge in [-0.15, -0.1) is 0 Å². The number of aromatic nitrogens is 3. The van der Waals surface area contributed by atoms with Crippen LogP contribution in [0.5, 0.6) is 0 Å². The molecule has 2 heterocycles. The summed E-state index contributed by atoms with van der Waals surface area (Å²) in [6.45, 7) is 5.94. The zero-order valence-electron chi connectivity index (χ0n) is 10.5. The number of hydrogen-bond donors (Lipinski definition) is 1. The Morgan fingerprint density at radius 2 is 2.47 bits per heavy atom. The number of hydrogen-bond acceptors (Lipinski definition) is 4. The molecule has 1 aliphatic heterocycles. The van der Waals surface area contributed by atoms with Crippen molar-refractivity contribution in [2.75, 3.05) is 13.1 Å². The lowest BCUT2D eigenvalue weighted by Crippen LogP contribution is -2.35. The van der Waals surface area contributed by atoms with Gasteiger partial charge in [0.15, 0.2) is 0 Å². The van der Waals surface area contributed by atoms with Gasteiger partial charge in [0.2, 0.25) is 0 Å². The Kier molecular flexibility index (Phi) is 3.89. The fourth-order valence-electron chi connectivity index (χ4n) is 2.26. The van der Waals surface area contributed by atoms with Crippen molar-refractivity contribution in [3.05, 3.63) is 12.2 Å². The lowest BCUT2D eigenvalue weighted by atomic mass is 9.93. The van der Waals surface area contributed by atoms with Crippen LogP contribution in [-0.4, -0.2) is 33.6 Å². The Morgan fingerprint density at radius 1 is 1.65 bits per heavy atom. The highest BCUT2D eigenvalue weighted by molar-refractivity contribution is 5.82. The fourth-order valence-corrected chi connectivity index (χ4v) is 2.26. The largest absolute Gasteiger partial charge is 0.316 e. The number of rotatable bonds is 4. The maximum Gasteiger partial charge on any atom is 0.144 e. The SMILES string of the molecule is CC(C)n1ncnc1CC(=O)C1CCCNC1. The standard InChI is InChI=1S/C12H20N4O/c1-9(2)16-12(14-8-15-16)6-11(17)10-4-3-5-13-7-10/h8-10,13H,3-7H2,1-2H3. The number of Topliss-reactive ketones (excluding diaryl/α,β-unsaturated/α-hetero) is 1. The minimum atomic E-state index is 0.154. The van der Waals surface area contributed by atoms with Gasteiger partial charge in [0, 0.05) is 18.5 Å². The molecule has 0 aromatic carbocycles. The molecule has 0 spiro atoms. The molecule has 0 aliphatic carbocycles. The lowest BCUT2D eigenvalue weighted by molar-refractivity contribution is -0.122. The molecule has 1 N–H and O–H groups in total. The molecule has 1 unspecified atom stereocenters. The van der Waals surface area contributed by atoms with Crippen molar-refractivity contribution in [3.8, 4) is 0 Å². The van der Waals surface area contributed by atoms with Crippen molar-refractivity contribution < 1.29 is 4.79 Å². The Labute approximate surface area is 102 Å². The summed E-state index contributed by atoms with van der Waals surface area (Å²) in [6, 6.07) is 0.254. The van der Waals surface area contributed by atoms with Crippen molar-refractivity contribution in [3.63, 3.8) is 0 Å². The van der Waals surface area contributed by atoms with Crippen molar-refractivity contribution in [1.29, 1.82) is 0 Å². The van der Waals surface area contributed by atoms with Crippen molar-refractivity contribution in [2.24, 2.45) is 5.92 Å². The van der Waals surface area contributed by atoms with Crippen LogP contribution in [0.2, 0.25) is 0 Å². The van der Waals surface area contributed by atoms with Gasteiger partial charge in [-0.05, 0) is 33.2 Å². The number of carbonyl (C=O) groups is 1. The molecule has 1 aromatic rings. The van der Waals surface area contributed by atoms with Gasteiger partial charge in [-0.3, -0.25) is 4.79 Å². The lowest BCUT2D eigenvalue weighted by Gasteiger charge is -2.21. The molecule has 0 radical (unpaired) electrons. The van der Waals surface area contributed by atoms with E-state index in [2.05, 4.69) is 15.4 Å². The van der Waals surface area contributed by atoms with Crippen LogP contribution in [-0.2, 0) is 11.2 Å². The van der Waals surface area contributed by atoms with Crippen LogP contribution in [0.4, 0.5) is 0 Å². The van der Waals surface area contributed by atoms with Gasteiger partial charge >= 0.3 is 0 Å². The second-order valence-electron chi connectivity index (χ2n) is 4.90. The Balaban J connectivity index is 1.99. The van der Waals surface area contributed by atoms with Gasteiger partial charge in [0.25, 0.3) is 0 Å². The predicted octanol–water partition coefficient (Wildman–Crippen LogP) is 0.970. The Bertz CT molecular complexity index is 380. The van der Waals surface area contributed by atoms with Crippen LogP contribution in [0.25, 0.3) is 0 Å². The highest BCUT2D eigenvalue weighted by Gasteiger charge is 2.22. The predicted molar refractivity (Wildman–Crippen MR) is 64.7 cm³/mol. The quantitative estimate of drug-likeness (QED) is 0.846. The van der Waals surface area contributed by atoms with E-state index in [1.54, 1.807) is 0 Å². The molecule has 1 aromatic heterocycles. The van der Waals surface area contributed by atoms with E-state index in [1.807, 2.05) is 18.5 Å². The zero-order valence-corrected chi connectivity index (χ0v) is 10.5. The second-order valence-corrected chi connectivity index (χ2v) is 4.90. The summed E-state index contributed by atoms with van der Waals surface area (Å²) >= 11 is 0. The third kappa shape index (κ3) is 2.91. The molecule has 0 saturated carbocycles. The van der Waals surface area contributed by atoms with E-state index < -0.39 is 0 Å². The molecule has 0 amide bonds. The highest BCUT2D eigenvalue weighted by atomic mass is 16.1. The number of nitrogens with zero attached hydrogens (tertiary/aromatic N) is 3. The molecule has 1 saturated heterocycles. The number of ketones is 1. The summed E-state index contributed by atoms with van der Waals surface area (Å²) in [6.07, 6.45) is 4.03. The fraction of sp³-hybridized carbons (Fsp3) is 0.750. The molecule has 1 atom stereocenters. The van der Waals surface area contributed by atoms with Gasteiger partial charge in [-0.2, -0.15) is 5.10 Å². The van der Waals surface area contributed by atoms with E-state index in [4.69, 9.17) is 0 Å². The first-order chi connectivity index (χ1) is 8.18. The number of piperidine rings is 1. The normalized spacial score (nSPS) is 20.8. The summed E-state index contributed by atoms with van der Waals surface area (Å²) < 4.78 is 1.83. The summed E-state index contributed by atoms with van der Waals surface area (Å²) in [5, 5.41) is 7.42. The molecular formula is C12H20N4O. The minimum absolute atomic E-state index is 0.154. The number of carbonyl (C=O) groups excluding carboxylic acids is 1. The maximum atomic E-state index is 12.1. The molecule has 17 heavy (non-hydrogen) atoms. The van der Waals surface area contributed by atoms with Crippen molar-refractivity contribution in [1.82, 2.24) is 20.1 Å². The van der Waals surface area contributed by atoms with Crippen molar-refractivity contribution in [2.45, 2.75) is 39.2 Å². The highest BCUT2D eigenvalue weighted by Crippen LogP contribution is 2.14. The van der Waals surface area contributed by atoms with Crippen LogP contribution >= 0.6 is 0 Å². The van der Waals surface area contributed by atoms with E-state index in [-0.39, 0.29) is 17.7 Å². The van der Waals surface area contributed by atoms with E-state index in [0.717, 1.165) is 31.8 Å². The van der Waals surface area contributed by atoms with E-state index in [1.165, 1.54) is 6.33 Å². The van der Waals surface area contributed by atoms with Crippen LogP contribution in [0.1, 0.15) is 38.6 Å². The smallest absolute Gasteiger partial charge is 0.144 e. The average molecular weight is 236 g/mol. The topological polar surface area (TPSA) is 59.8 Å². The first-order valence-electron chi connectivity index (χ1n) is 6.30. The van der Waals surface area contributed by atoms with Gasteiger partial charge in [0.1, 0.15) is 17.9 Å². The molecular weight excluding hydrogens is 216 g/mol. The molecule has 2 rings (SSSR count). The van der Waals surface area contributed by atoms with E-state index in [0.29, 0.717) is 6.42 Å². The second kappa shape index (κ2) is 5.40. The molecule has 1 fully saturated rings.